The van der Waals surface area contributed by atoms with Crippen LogP contribution in [0, 0.1) is 11.3 Å². The van der Waals surface area contributed by atoms with Gasteiger partial charge in [-0.25, -0.2) is 0 Å². The minimum atomic E-state index is 0.0439. The highest BCUT2D eigenvalue weighted by atomic mass is 16.5. The molecule has 1 aromatic heterocycles. The Balaban J connectivity index is 2.58. The van der Waals surface area contributed by atoms with Crippen molar-refractivity contribution < 1.29 is 9.47 Å². The maximum absolute atomic E-state index is 9.51. The average molecular weight is 326 g/mol. The molecule has 1 aromatic carbocycles. The molecule has 124 valence electrons. The summed E-state index contributed by atoms with van der Waals surface area (Å²) in [5.41, 5.74) is 6.62. The normalized spacial score (nSPS) is 10.9. The third-order valence-electron chi connectivity index (χ3n) is 3.14. The zero-order valence-electron chi connectivity index (χ0n) is 13.9. The number of nitrogens with two attached hydrogens (primary N) is 1. The van der Waals surface area contributed by atoms with Gasteiger partial charge in [-0.15, -0.1) is 0 Å². The van der Waals surface area contributed by atoms with Crippen LogP contribution in [0.25, 0.3) is 11.6 Å². The van der Waals surface area contributed by atoms with Gasteiger partial charge in [0.15, 0.2) is 17.3 Å². The van der Waals surface area contributed by atoms with Crippen LogP contribution in [0.4, 0.5) is 11.9 Å². The second kappa shape index (κ2) is 7.28. The Kier molecular flexibility index (Phi) is 5.16. The molecule has 0 amide bonds. The number of aromatic nitrogens is 3. The maximum atomic E-state index is 9.51. The van der Waals surface area contributed by atoms with Crippen molar-refractivity contribution in [3.63, 3.8) is 0 Å². The lowest BCUT2D eigenvalue weighted by molar-refractivity contribution is 0.354. The van der Waals surface area contributed by atoms with Crippen LogP contribution < -0.4 is 20.1 Å². The number of para-hydroxylation sites is 1. The van der Waals surface area contributed by atoms with Gasteiger partial charge in [-0.05, 0) is 12.1 Å². The molecule has 0 fully saturated rings. The molecule has 2 aromatic rings. The second-order valence-electron chi connectivity index (χ2n) is 4.96. The fraction of sp³-hybridized carbons (Fsp3) is 0.250. The molecule has 0 saturated heterocycles. The summed E-state index contributed by atoms with van der Waals surface area (Å²) in [5.74, 6) is 1.69. The van der Waals surface area contributed by atoms with Crippen molar-refractivity contribution in [3.8, 4) is 17.6 Å². The number of benzene rings is 1. The van der Waals surface area contributed by atoms with Gasteiger partial charge in [-0.3, -0.25) is 0 Å². The van der Waals surface area contributed by atoms with Gasteiger partial charge in [0.25, 0.3) is 0 Å². The van der Waals surface area contributed by atoms with E-state index in [4.69, 9.17) is 15.2 Å². The average Bonchev–Trinajstić information content (AvgIpc) is 2.58. The van der Waals surface area contributed by atoms with E-state index in [9.17, 15) is 5.26 Å². The van der Waals surface area contributed by atoms with Crippen LogP contribution in [-0.4, -0.2) is 43.3 Å². The molecule has 0 aliphatic carbocycles. The third kappa shape index (κ3) is 3.52. The number of methoxy groups -OCH3 is 2. The number of nitrogen functional groups attached to an aromatic ring is 1. The number of hydrogen-bond donors (Lipinski definition) is 1. The highest BCUT2D eigenvalue weighted by molar-refractivity contribution is 5.89. The van der Waals surface area contributed by atoms with E-state index in [2.05, 4.69) is 21.0 Å². The van der Waals surface area contributed by atoms with Gasteiger partial charge >= 0.3 is 0 Å². The zero-order valence-corrected chi connectivity index (χ0v) is 13.9. The number of hydrogen-bond acceptors (Lipinski definition) is 8. The quantitative estimate of drug-likeness (QED) is 0.825. The van der Waals surface area contributed by atoms with Crippen molar-refractivity contribution in [1.82, 2.24) is 15.0 Å². The van der Waals surface area contributed by atoms with E-state index in [0.717, 1.165) is 0 Å². The first-order chi connectivity index (χ1) is 11.5. The summed E-state index contributed by atoms with van der Waals surface area (Å²) >= 11 is 0. The van der Waals surface area contributed by atoms with Gasteiger partial charge in [0, 0.05) is 19.7 Å². The lowest BCUT2D eigenvalue weighted by Gasteiger charge is -2.12. The monoisotopic (exact) mass is 326 g/mol. The Hall–Kier alpha value is -3.34. The number of allylic oxidation sites excluding steroid dienone is 1. The van der Waals surface area contributed by atoms with Gasteiger partial charge in [-0.1, -0.05) is 12.1 Å². The maximum Gasteiger partial charge on any atom is 0.230 e. The van der Waals surface area contributed by atoms with Crippen molar-refractivity contribution >= 4 is 23.5 Å². The number of nitriles is 1. The summed E-state index contributed by atoms with van der Waals surface area (Å²) in [4.78, 5) is 14.0. The minimum absolute atomic E-state index is 0.0439. The molecule has 0 aliphatic rings. The molecule has 0 spiro atoms. The molecule has 1 heterocycles. The van der Waals surface area contributed by atoms with Crippen LogP contribution in [0.3, 0.4) is 0 Å². The molecule has 0 atom stereocenters. The standard InChI is InChI=1S/C16H18N6O2/c1-22(2)16-20-14(19-15(18)21-16)11(9-17)8-10-6-5-7-12(23-3)13(10)24-4/h5-8H,1-4H3,(H2,18,19,20,21)/b11-8-. The molecule has 0 aliphatic heterocycles. The molecule has 8 heteroatoms. The minimum Gasteiger partial charge on any atom is -0.493 e. The Morgan fingerprint density at radius 2 is 1.96 bits per heavy atom. The number of anilines is 2. The van der Waals surface area contributed by atoms with Crippen molar-refractivity contribution in [2.75, 3.05) is 38.9 Å². The molecule has 0 radical (unpaired) electrons. The predicted molar refractivity (Wildman–Crippen MR) is 91.6 cm³/mol. The molecule has 2 rings (SSSR count). The van der Waals surface area contributed by atoms with Crippen LogP contribution >= 0.6 is 0 Å². The van der Waals surface area contributed by atoms with Crippen molar-refractivity contribution in [3.05, 3.63) is 29.6 Å². The fourth-order valence-corrected chi connectivity index (χ4v) is 2.03. The van der Waals surface area contributed by atoms with E-state index in [1.807, 2.05) is 0 Å². The first-order valence-electron chi connectivity index (χ1n) is 7.02. The summed E-state index contributed by atoms with van der Waals surface area (Å²) in [6, 6.07) is 7.46. The smallest absolute Gasteiger partial charge is 0.230 e. The van der Waals surface area contributed by atoms with Crippen molar-refractivity contribution in [2.24, 2.45) is 0 Å². The van der Waals surface area contributed by atoms with Gasteiger partial charge in [-0.2, -0.15) is 20.2 Å². The molecular formula is C16H18N6O2. The van der Waals surface area contributed by atoms with Crippen LogP contribution in [0.5, 0.6) is 11.5 Å². The highest BCUT2D eigenvalue weighted by Gasteiger charge is 2.13. The van der Waals surface area contributed by atoms with E-state index in [0.29, 0.717) is 23.0 Å². The number of nitrogens with zero attached hydrogens (tertiary/aromatic N) is 5. The summed E-state index contributed by atoms with van der Waals surface area (Å²) in [6.07, 6.45) is 1.62. The Bertz CT molecular complexity index is 811. The van der Waals surface area contributed by atoms with Crippen LogP contribution in [0.15, 0.2) is 18.2 Å². The van der Waals surface area contributed by atoms with Gasteiger partial charge in [0.1, 0.15) is 6.07 Å². The van der Waals surface area contributed by atoms with Gasteiger partial charge in [0.05, 0.1) is 19.8 Å². The van der Waals surface area contributed by atoms with E-state index in [1.54, 1.807) is 50.4 Å². The Labute approximate surface area is 140 Å². The van der Waals surface area contributed by atoms with Gasteiger partial charge in [0.2, 0.25) is 11.9 Å². The van der Waals surface area contributed by atoms with E-state index >= 15 is 0 Å². The van der Waals surface area contributed by atoms with E-state index < -0.39 is 0 Å². The summed E-state index contributed by atoms with van der Waals surface area (Å²) in [5, 5.41) is 9.51. The SMILES string of the molecule is COc1cccc(/C=C(/C#N)c2nc(N)nc(N(C)C)n2)c1OC. The third-order valence-corrected chi connectivity index (χ3v) is 3.14. The predicted octanol–water partition coefficient (Wildman–Crippen LogP) is 1.60. The van der Waals surface area contributed by atoms with Crippen LogP contribution in [0.2, 0.25) is 0 Å². The first-order valence-corrected chi connectivity index (χ1v) is 7.02. The van der Waals surface area contributed by atoms with E-state index in [-0.39, 0.29) is 17.3 Å². The molecule has 8 nitrogen and oxygen atoms in total. The lowest BCUT2D eigenvalue weighted by Crippen LogP contribution is -2.15. The molecular weight excluding hydrogens is 308 g/mol. The fourth-order valence-electron chi connectivity index (χ4n) is 2.03. The molecule has 0 bridgehead atoms. The first kappa shape index (κ1) is 17.0. The number of rotatable bonds is 5. The second-order valence-corrected chi connectivity index (χ2v) is 4.96. The summed E-state index contributed by atoms with van der Waals surface area (Å²) in [6.45, 7) is 0. The van der Waals surface area contributed by atoms with Crippen molar-refractivity contribution in [2.45, 2.75) is 0 Å². The molecule has 0 unspecified atom stereocenters. The number of ether oxygens (including phenoxy) is 2. The summed E-state index contributed by atoms with van der Waals surface area (Å²) < 4.78 is 10.6. The molecule has 24 heavy (non-hydrogen) atoms. The van der Waals surface area contributed by atoms with Crippen LogP contribution in [0.1, 0.15) is 11.4 Å². The Morgan fingerprint density at radius 1 is 1.21 bits per heavy atom. The van der Waals surface area contributed by atoms with Gasteiger partial charge < -0.3 is 20.1 Å². The Morgan fingerprint density at radius 3 is 2.54 bits per heavy atom. The molecule has 0 saturated carbocycles. The zero-order chi connectivity index (χ0) is 17.7. The topological polar surface area (TPSA) is 110 Å². The van der Waals surface area contributed by atoms with Crippen LogP contribution in [-0.2, 0) is 0 Å². The lowest BCUT2D eigenvalue weighted by atomic mass is 10.1. The largest absolute Gasteiger partial charge is 0.493 e. The highest BCUT2D eigenvalue weighted by Crippen LogP contribution is 2.33. The van der Waals surface area contributed by atoms with E-state index in [1.165, 1.54) is 7.11 Å². The van der Waals surface area contributed by atoms with Crippen molar-refractivity contribution in [1.29, 1.82) is 5.26 Å². The summed E-state index contributed by atoms with van der Waals surface area (Å²) in [7, 11) is 6.64. The molecule has 2 N–H and O–H groups in total.